The van der Waals surface area contributed by atoms with Gasteiger partial charge in [0.25, 0.3) is 0 Å². The number of fused-ring (bicyclic) bond motifs is 1. The smallest absolute Gasteiger partial charge is 0.200 e. The van der Waals surface area contributed by atoms with Crippen molar-refractivity contribution in [2.75, 3.05) is 0 Å². The lowest BCUT2D eigenvalue weighted by Gasteiger charge is -2.10. The summed E-state index contributed by atoms with van der Waals surface area (Å²) in [4.78, 5) is 0. The highest BCUT2D eigenvalue weighted by molar-refractivity contribution is 7.71. The fraction of sp³-hybridized carbons (Fsp3) is 0.214. The monoisotopic (exact) mass is 443 g/mol. The normalized spacial score (nSPS) is 12.0. The van der Waals surface area contributed by atoms with Gasteiger partial charge in [-0.05, 0) is 68.4 Å². The summed E-state index contributed by atoms with van der Waals surface area (Å²) < 4.78 is 2.60. The molecule has 2 aromatic carbocycles. The molecule has 1 heterocycles. The molecular weight excluding hydrogens is 410 g/mol. The molecule has 0 saturated heterocycles. The summed E-state index contributed by atoms with van der Waals surface area (Å²) in [6, 6.07) is 14.6. The van der Waals surface area contributed by atoms with Crippen LogP contribution in [-0.2, 0) is 0 Å². The molecule has 4 heteroatoms. The molecule has 166 valence electrons. The number of allylic oxidation sites excluding steroid dienone is 8. The topological polar surface area (TPSA) is 33.6 Å². The maximum Gasteiger partial charge on any atom is 0.200 e. The lowest BCUT2D eigenvalue weighted by atomic mass is 10.1. The number of hydrogen-bond acceptors (Lipinski definition) is 2. The van der Waals surface area contributed by atoms with Crippen molar-refractivity contribution in [3.8, 4) is 5.69 Å². The van der Waals surface area contributed by atoms with Crippen molar-refractivity contribution >= 4 is 28.6 Å². The summed E-state index contributed by atoms with van der Waals surface area (Å²) >= 11 is 5.57. The van der Waals surface area contributed by atoms with Crippen LogP contribution in [0.1, 0.15) is 46.4 Å². The Labute approximate surface area is 197 Å². The lowest BCUT2D eigenvalue weighted by molar-refractivity contribution is 1.02. The molecule has 0 aliphatic carbocycles. The number of hydrogen-bond donors (Lipinski definition) is 1. The van der Waals surface area contributed by atoms with Gasteiger partial charge in [-0.1, -0.05) is 85.9 Å². The Morgan fingerprint density at radius 1 is 1.12 bits per heavy atom. The number of aromatic nitrogens is 3. The van der Waals surface area contributed by atoms with E-state index in [9.17, 15) is 0 Å². The van der Waals surface area contributed by atoms with E-state index >= 15 is 0 Å². The minimum atomic E-state index is 0.584. The van der Waals surface area contributed by atoms with Gasteiger partial charge >= 0.3 is 0 Å². The first-order chi connectivity index (χ1) is 15.4. The molecule has 3 nitrogen and oxygen atoms in total. The van der Waals surface area contributed by atoms with E-state index in [4.69, 9.17) is 12.2 Å². The van der Waals surface area contributed by atoms with Crippen LogP contribution >= 0.6 is 12.2 Å². The summed E-state index contributed by atoms with van der Waals surface area (Å²) in [6.45, 7) is 15.5. The first-order valence-corrected chi connectivity index (χ1v) is 11.2. The standard InChI is InChI=1S/C25H27N3S.C3H6/c1-5-6-10-20(17-18(2)3)16-15-19(4)24-26-27-25(29)28(24)23-14-9-12-21-11-7-8-13-22(21)23;1-3-2/h6-16H,2,5,17H2,1,3-4H3,(H,27,29);3H,1H2,2H3/b10-6+,19-15+,20-16+;. The molecule has 3 aromatic rings. The molecule has 0 aliphatic heterocycles. The van der Waals surface area contributed by atoms with Crippen LogP contribution in [0.25, 0.3) is 22.0 Å². The van der Waals surface area contributed by atoms with E-state index in [1.54, 1.807) is 6.08 Å². The first-order valence-electron chi connectivity index (χ1n) is 10.8. The minimum Gasteiger partial charge on any atom is -0.268 e. The Morgan fingerprint density at radius 3 is 2.50 bits per heavy atom. The van der Waals surface area contributed by atoms with E-state index in [2.05, 4.69) is 98.8 Å². The zero-order chi connectivity index (χ0) is 23.5. The van der Waals surface area contributed by atoms with Gasteiger partial charge in [0, 0.05) is 5.39 Å². The molecule has 0 aliphatic rings. The van der Waals surface area contributed by atoms with Gasteiger partial charge in [-0.15, -0.1) is 6.58 Å². The van der Waals surface area contributed by atoms with Gasteiger partial charge in [0.05, 0.1) is 5.69 Å². The first kappa shape index (κ1) is 25.0. The number of nitrogens with zero attached hydrogens (tertiary/aromatic N) is 2. The van der Waals surface area contributed by atoms with Crippen LogP contribution in [0.5, 0.6) is 0 Å². The zero-order valence-corrected chi connectivity index (χ0v) is 20.4. The van der Waals surface area contributed by atoms with Crippen LogP contribution in [0.3, 0.4) is 0 Å². The number of benzene rings is 2. The van der Waals surface area contributed by atoms with Gasteiger partial charge in [-0.25, -0.2) is 0 Å². The second-order valence-electron chi connectivity index (χ2n) is 7.63. The molecule has 0 amide bonds. The van der Waals surface area contributed by atoms with E-state index in [0.29, 0.717) is 4.77 Å². The molecule has 0 atom stereocenters. The molecule has 32 heavy (non-hydrogen) atoms. The third-order valence-electron chi connectivity index (χ3n) is 4.65. The lowest BCUT2D eigenvalue weighted by Crippen LogP contribution is -2.00. The van der Waals surface area contributed by atoms with E-state index in [-0.39, 0.29) is 0 Å². The highest BCUT2D eigenvalue weighted by atomic mass is 32.1. The average molecular weight is 444 g/mol. The fourth-order valence-electron chi connectivity index (χ4n) is 3.29. The number of aromatic amines is 1. The second kappa shape index (κ2) is 12.6. The van der Waals surface area contributed by atoms with Crippen LogP contribution in [0.2, 0.25) is 0 Å². The summed E-state index contributed by atoms with van der Waals surface area (Å²) in [5.74, 6) is 0.816. The Kier molecular flexibility index (Phi) is 9.83. The van der Waals surface area contributed by atoms with Gasteiger partial charge in [-0.3, -0.25) is 9.67 Å². The van der Waals surface area contributed by atoms with Crippen molar-refractivity contribution in [1.82, 2.24) is 14.8 Å². The van der Waals surface area contributed by atoms with Crippen LogP contribution in [0, 0.1) is 4.77 Å². The largest absolute Gasteiger partial charge is 0.268 e. The van der Waals surface area contributed by atoms with Crippen molar-refractivity contribution in [3.63, 3.8) is 0 Å². The van der Waals surface area contributed by atoms with E-state index in [0.717, 1.165) is 40.9 Å². The van der Waals surface area contributed by atoms with E-state index in [1.165, 1.54) is 11.0 Å². The predicted octanol–water partition coefficient (Wildman–Crippen LogP) is 8.54. The van der Waals surface area contributed by atoms with Crippen molar-refractivity contribution < 1.29 is 0 Å². The molecule has 1 aromatic heterocycles. The second-order valence-corrected chi connectivity index (χ2v) is 8.02. The Hall–Kier alpha value is -3.24. The van der Waals surface area contributed by atoms with Crippen molar-refractivity contribution in [2.45, 2.75) is 40.5 Å². The molecule has 0 radical (unpaired) electrons. The predicted molar refractivity (Wildman–Crippen MR) is 143 cm³/mol. The highest BCUT2D eigenvalue weighted by Crippen LogP contribution is 2.25. The highest BCUT2D eigenvalue weighted by Gasteiger charge is 2.12. The molecular formula is C28H33N3S. The maximum absolute atomic E-state index is 5.57. The average Bonchev–Trinajstić information content (AvgIpc) is 3.16. The minimum absolute atomic E-state index is 0.584. The Balaban J connectivity index is 0.00000114. The van der Waals surface area contributed by atoms with Crippen LogP contribution < -0.4 is 0 Å². The Morgan fingerprint density at radius 2 is 1.81 bits per heavy atom. The molecule has 0 spiro atoms. The van der Waals surface area contributed by atoms with Gasteiger partial charge in [0.2, 0.25) is 0 Å². The van der Waals surface area contributed by atoms with Crippen molar-refractivity contribution in [2.24, 2.45) is 0 Å². The van der Waals surface area contributed by atoms with Gasteiger partial charge in [-0.2, -0.15) is 5.10 Å². The summed E-state index contributed by atoms with van der Waals surface area (Å²) in [5, 5.41) is 9.79. The molecule has 3 rings (SSSR count). The molecule has 1 N–H and O–H groups in total. The number of H-pyrrole nitrogens is 1. The van der Waals surface area contributed by atoms with Crippen LogP contribution in [0.4, 0.5) is 0 Å². The molecule has 0 unspecified atom stereocenters. The summed E-state index contributed by atoms with van der Waals surface area (Å²) in [5.41, 5.74) is 4.43. The van der Waals surface area contributed by atoms with Gasteiger partial charge < -0.3 is 0 Å². The number of nitrogens with one attached hydrogen (secondary N) is 1. The van der Waals surface area contributed by atoms with Gasteiger partial charge in [0.1, 0.15) is 0 Å². The van der Waals surface area contributed by atoms with E-state index < -0.39 is 0 Å². The maximum atomic E-state index is 5.57. The third-order valence-corrected chi connectivity index (χ3v) is 4.93. The zero-order valence-electron chi connectivity index (χ0n) is 19.6. The quantitative estimate of drug-likeness (QED) is 0.225. The van der Waals surface area contributed by atoms with Crippen LogP contribution in [-0.4, -0.2) is 14.8 Å². The summed E-state index contributed by atoms with van der Waals surface area (Å²) in [6.07, 6.45) is 12.2. The van der Waals surface area contributed by atoms with Crippen molar-refractivity contribution in [3.05, 3.63) is 108 Å². The van der Waals surface area contributed by atoms with E-state index in [1.807, 2.05) is 23.6 Å². The fourth-order valence-corrected chi connectivity index (χ4v) is 3.52. The van der Waals surface area contributed by atoms with Gasteiger partial charge in [0.15, 0.2) is 10.6 Å². The third kappa shape index (κ3) is 6.63. The van der Waals surface area contributed by atoms with Crippen molar-refractivity contribution in [1.29, 1.82) is 0 Å². The Bertz CT molecular complexity index is 1210. The summed E-state index contributed by atoms with van der Waals surface area (Å²) in [7, 11) is 0. The number of rotatable bonds is 7. The molecule has 0 fully saturated rings. The SMILES string of the molecule is C=C(C)CC(=C/C=C(\C)c1n[nH]c(=S)n1-c1cccc2ccccc12)/C=C/CC.C=CC. The van der Waals surface area contributed by atoms with Crippen LogP contribution in [0.15, 0.2) is 97.1 Å². The molecule has 0 saturated carbocycles. The molecule has 0 bridgehead atoms.